The largest absolute Gasteiger partial charge is 0.506 e. The molecule has 4 N–H and O–H groups in total. The van der Waals surface area contributed by atoms with E-state index < -0.39 is 17.6 Å². The van der Waals surface area contributed by atoms with E-state index in [1.54, 1.807) is 37.5 Å². The molecule has 0 aliphatic carbocycles. The van der Waals surface area contributed by atoms with Crippen LogP contribution in [0.2, 0.25) is 0 Å². The number of halogens is 2. The van der Waals surface area contributed by atoms with E-state index in [0.717, 1.165) is 6.07 Å². The summed E-state index contributed by atoms with van der Waals surface area (Å²) in [5.74, 6) is -2.26. The fourth-order valence-electron chi connectivity index (χ4n) is 5.11. The Hall–Kier alpha value is -4.55. The molecule has 1 fully saturated rings. The molecule has 1 aliphatic rings. The predicted octanol–water partition coefficient (Wildman–Crippen LogP) is 4.32. The van der Waals surface area contributed by atoms with E-state index >= 15 is 0 Å². The number of anilines is 1. The number of piperidine rings is 1. The molecule has 7 nitrogen and oxygen atoms in total. The molecule has 1 aromatic heterocycles. The number of phenolic OH excluding ortho intramolecular Hbond substituents is 1. The molecule has 0 bridgehead atoms. The van der Waals surface area contributed by atoms with Gasteiger partial charge in [-0.2, -0.15) is 5.26 Å². The number of nitrogens with one attached hydrogen (secondary N) is 1. The standard InChI is InChI=1S/C29H25F2N5O2/c1-34-29(38)24-15-36(8-7-25(24)33)27-22-11-16(21-4-2-3-17(13-32)28(21)37)5-6-26(22)35-14-23(27)18-9-19(30)12-20(31)10-18/h2-6,9-12,14,24-25,37H,7-8,15,33H2,1H3,(H,34,38)/t24-,25?/m0/s1. The highest BCUT2D eigenvalue weighted by Crippen LogP contribution is 2.41. The zero-order valence-electron chi connectivity index (χ0n) is 20.6. The molecule has 38 heavy (non-hydrogen) atoms. The minimum absolute atomic E-state index is 0.142. The Labute approximate surface area is 218 Å². The number of pyridine rings is 1. The molecule has 0 spiro atoms. The molecule has 1 saturated heterocycles. The summed E-state index contributed by atoms with van der Waals surface area (Å²) in [6.07, 6.45) is 2.10. The molecule has 192 valence electrons. The monoisotopic (exact) mass is 513 g/mol. The Balaban J connectivity index is 1.76. The first-order chi connectivity index (χ1) is 18.3. The highest BCUT2D eigenvalue weighted by atomic mass is 19.1. The van der Waals surface area contributed by atoms with Crippen molar-refractivity contribution in [1.29, 1.82) is 5.26 Å². The van der Waals surface area contributed by atoms with Crippen LogP contribution in [0.4, 0.5) is 14.5 Å². The maximum Gasteiger partial charge on any atom is 0.226 e. The van der Waals surface area contributed by atoms with E-state index in [1.165, 1.54) is 18.2 Å². The van der Waals surface area contributed by atoms with Crippen LogP contribution in [0.5, 0.6) is 5.75 Å². The Morgan fingerprint density at radius 2 is 1.89 bits per heavy atom. The molecule has 0 saturated carbocycles. The SMILES string of the molecule is CNC(=O)[C@H]1CN(c2c(-c3cc(F)cc(F)c3)cnc3ccc(-c4cccc(C#N)c4O)cc23)CCC1N. The van der Waals surface area contributed by atoms with Gasteiger partial charge >= 0.3 is 0 Å². The van der Waals surface area contributed by atoms with Crippen LogP contribution >= 0.6 is 0 Å². The molecule has 5 rings (SSSR count). The summed E-state index contributed by atoms with van der Waals surface area (Å²) in [4.78, 5) is 19.2. The fraction of sp³-hybridized carbons (Fsp3) is 0.207. The number of amides is 1. The first-order valence-electron chi connectivity index (χ1n) is 12.1. The number of aromatic nitrogens is 1. The summed E-state index contributed by atoms with van der Waals surface area (Å²) >= 11 is 0. The average molecular weight is 514 g/mol. The van der Waals surface area contributed by atoms with Crippen molar-refractivity contribution in [3.63, 3.8) is 0 Å². The maximum absolute atomic E-state index is 14.3. The van der Waals surface area contributed by atoms with Gasteiger partial charge in [-0.3, -0.25) is 9.78 Å². The zero-order valence-corrected chi connectivity index (χ0v) is 20.6. The number of hydrogen-bond donors (Lipinski definition) is 3. The van der Waals surface area contributed by atoms with E-state index in [4.69, 9.17) is 5.73 Å². The number of nitrogens with two attached hydrogens (primary N) is 1. The zero-order chi connectivity index (χ0) is 27.0. The Bertz CT molecular complexity index is 1580. The summed E-state index contributed by atoms with van der Waals surface area (Å²) < 4.78 is 28.5. The van der Waals surface area contributed by atoms with Crippen molar-refractivity contribution in [2.75, 3.05) is 25.0 Å². The van der Waals surface area contributed by atoms with Crippen molar-refractivity contribution in [2.24, 2.45) is 11.7 Å². The van der Waals surface area contributed by atoms with Gasteiger partial charge in [0, 0.05) is 55.0 Å². The number of fused-ring (bicyclic) bond motifs is 1. The first-order valence-corrected chi connectivity index (χ1v) is 12.1. The van der Waals surface area contributed by atoms with Gasteiger partial charge in [0.05, 0.1) is 22.7 Å². The number of benzene rings is 3. The van der Waals surface area contributed by atoms with Crippen molar-refractivity contribution in [2.45, 2.75) is 12.5 Å². The van der Waals surface area contributed by atoms with Crippen LogP contribution in [0.15, 0.2) is 60.8 Å². The molecule has 3 aromatic carbocycles. The van der Waals surface area contributed by atoms with Crippen LogP contribution < -0.4 is 16.0 Å². The van der Waals surface area contributed by atoms with Crippen molar-refractivity contribution in [3.8, 4) is 34.1 Å². The normalized spacial score (nSPS) is 17.3. The van der Waals surface area contributed by atoms with E-state index in [0.29, 0.717) is 58.4 Å². The topological polar surface area (TPSA) is 115 Å². The molecule has 2 atom stereocenters. The quantitative estimate of drug-likeness (QED) is 0.374. The van der Waals surface area contributed by atoms with Gasteiger partial charge in [-0.1, -0.05) is 18.2 Å². The van der Waals surface area contributed by atoms with Gasteiger partial charge in [0.2, 0.25) is 5.91 Å². The van der Waals surface area contributed by atoms with Gasteiger partial charge < -0.3 is 21.1 Å². The number of rotatable bonds is 4. The highest BCUT2D eigenvalue weighted by Gasteiger charge is 2.33. The van der Waals surface area contributed by atoms with Crippen molar-refractivity contribution >= 4 is 22.5 Å². The predicted molar refractivity (Wildman–Crippen MR) is 141 cm³/mol. The van der Waals surface area contributed by atoms with Crippen LogP contribution in [0.1, 0.15) is 12.0 Å². The van der Waals surface area contributed by atoms with E-state index in [-0.39, 0.29) is 23.3 Å². The Kier molecular flexibility index (Phi) is 6.66. The van der Waals surface area contributed by atoms with Crippen molar-refractivity contribution in [3.05, 3.63) is 78.0 Å². The number of carbonyl (C=O) groups excluding carboxylic acids is 1. The molecule has 4 aromatic rings. The third-order valence-corrected chi connectivity index (χ3v) is 7.05. The molecular formula is C29H25F2N5O2. The van der Waals surface area contributed by atoms with Crippen LogP contribution in [0.25, 0.3) is 33.2 Å². The molecule has 2 heterocycles. The summed E-state index contributed by atoms with van der Waals surface area (Å²) in [6.45, 7) is 0.808. The lowest BCUT2D eigenvalue weighted by Crippen LogP contribution is -2.52. The fourth-order valence-corrected chi connectivity index (χ4v) is 5.11. The number of para-hydroxylation sites is 1. The van der Waals surface area contributed by atoms with Crippen LogP contribution in [0.3, 0.4) is 0 Å². The summed E-state index contributed by atoms with van der Waals surface area (Å²) in [6, 6.07) is 15.3. The molecule has 9 heteroatoms. The third kappa shape index (κ3) is 4.51. The molecule has 1 amide bonds. The van der Waals surface area contributed by atoms with Crippen LogP contribution in [-0.2, 0) is 4.79 Å². The van der Waals surface area contributed by atoms with Crippen molar-refractivity contribution in [1.82, 2.24) is 10.3 Å². The number of nitriles is 1. The Morgan fingerprint density at radius 3 is 2.61 bits per heavy atom. The van der Waals surface area contributed by atoms with Gasteiger partial charge in [-0.05, 0) is 47.9 Å². The Morgan fingerprint density at radius 1 is 1.13 bits per heavy atom. The maximum atomic E-state index is 14.3. The van der Waals surface area contributed by atoms with E-state index in [1.807, 2.05) is 17.0 Å². The second-order valence-electron chi connectivity index (χ2n) is 9.34. The lowest BCUT2D eigenvalue weighted by molar-refractivity contribution is -0.125. The summed E-state index contributed by atoms with van der Waals surface area (Å²) in [5, 5.41) is 23.4. The third-order valence-electron chi connectivity index (χ3n) is 7.05. The second-order valence-corrected chi connectivity index (χ2v) is 9.34. The number of carbonyl (C=O) groups is 1. The highest BCUT2D eigenvalue weighted by molar-refractivity contribution is 6.02. The van der Waals surface area contributed by atoms with Crippen LogP contribution in [-0.4, -0.2) is 42.2 Å². The lowest BCUT2D eigenvalue weighted by atomic mass is 9.90. The number of aromatic hydroxyl groups is 1. The molecule has 1 aliphatic heterocycles. The van der Waals surface area contributed by atoms with Gasteiger partial charge in [0.25, 0.3) is 0 Å². The minimum atomic E-state index is -0.720. The van der Waals surface area contributed by atoms with Gasteiger partial charge in [0.1, 0.15) is 23.5 Å². The summed E-state index contributed by atoms with van der Waals surface area (Å²) in [5.41, 5.74) is 9.59. The molecular weight excluding hydrogens is 488 g/mol. The number of hydrogen-bond acceptors (Lipinski definition) is 6. The van der Waals surface area contributed by atoms with E-state index in [2.05, 4.69) is 10.3 Å². The number of phenols is 1. The molecule has 1 unspecified atom stereocenters. The molecule has 0 radical (unpaired) electrons. The average Bonchev–Trinajstić information content (AvgIpc) is 2.91. The number of nitrogens with zero attached hydrogens (tertiary/aromatic N) is 3. The van der Waals surface area contributed by atoms with E-state index in [9.17, 15) is 23.9 Å². The van der Waals surface area contributed by atoms with Gasteiger partial charge in [-0.15, -0.1) is 0 Å². The minimum Gasteiger partial charge on any atom is -0.506 e. The van der Waals surface area contributed by atoms with Gasteiger partial charge in [0.15, 0.2) is 0 Å². The summed E-state index contributed by atoms with van der Waals surface area (Å²) in [7, 11) is 1.56. The van der Waals surface area contributed by atoms with Crippen molar-refractivity contribution < 1.29 is 18.7 Å². The smallest absolute Gasteiger partial charge is 0.226 e. The first kappa shape index (κ1) is 25.1. The second kappa shape index (κ2) is 10.1. The lowest BCUT2D eigenvalue weighted by Gasteiger charge is -2.38. The van der Waals surface area contributed by atoms with Crippen LogP contribution in [0, 0.1) is 28.9 Å². The van der Waals surface area contributed by atoms with Gasteiger partial charge in [-0.25, -0.2) is 8.78 Å².